The first kappa shape index (κ1) is 13.7. The zero-order valence-electron chi connectivity index (χ0n) is 11.0. The number of unbranched alkanes of at least 4 members (excludes halogenated alkanes) is 1. The predicted octanol–water partition coefficient (Wildman–Crippen LogP) is 2.74. The summed E-state index contributed by atoms with van der Waals surface area (Å²) in [5, 5.41) is 4.26. The summed E-state index contributed by atoms with van der Waals surface area (Å²) in [4.78, 5) is 11.8. The van der Waals surface area contributed by atoms with Crippen LogP contribution in [0.25, 0.3) is 0 Å². The standard InChI is InChI=1S/C13H22N2O2/c1-4-6-7-11(13(16)17-3)12-8-9-14-15(12)10-5-2/h8-9,11H,4-7,10H2,1-3H3. The molecule has 96 valence electrons. The third kappa shape index (κ3) is 3.58. The van der Waals surface area contributed by atoms with Gasteiger partial charge in [-0.2, -0.15) is 5.10 Å². The number of ether oxygens (including phenoxy) is 1. The van der Waals surface area contributed by atoms with Crippen molar-refractivity contribution in [2.75, 3.05) is 7.11 Å². The van der Waals surface area contributed by atoms with Crippen LogP contribution in [0.4, 0.5) is 0 Å². The van der Waals surface area contributed by atoms with Gasteiger partial charge in [0, 0.05) is 12.7 Å². The molecule has 0 saturated carbocycles. The van der Waals surface area contributed by atoms with E-state index in [0.29, 0.717) is 0 Å². The summed E-state index contributed by atoms with van der Waals surface area (Å²) in [5.41, 5.74) is 0.979. The number of carbonyl (C=O) groups excluding carboxylic acids is 1. The van der Waals surface area contributed by atoms with Crippen LogP contribution in [0.15, 0.2) is 12.3 Å². The Hall–Kier alpha value is -1.32. The molecule has 0 N–H and O–H groups in total. The monoisotopic (exact) mass is 238 g/mol. The molecule has 0 aliphatic heterocycles. The SMILES string of the molecule is CCCCC(C(=O)OC)c1ccnn1CCC. The number of esters is 1. The highest BCUT2D eigenvalue weighted by Gasteiger charge is 2.24. The first-order valence-corrected chi connectivity index (χ1v) is 6.34. The predicted molar refractivity (Wildman–Crippen MR) is 66.8 cm³/mol. The normalized spacial score (nSPS) is 12.4. The van der Waals surface area contributed by atoms with E-state index in [9.17, 15) is 4.79 Å². The lowest BCUT2D eigenvalue weighted by Crippen LogP contribution is -2.18. The molecule has 4 nitrogen and oxygen atoms in total. The van der Waals surface area contributed by atoms with Gasteiger partial charge in [-0.1, -0.05) is 26.7 Å². The highest BCUT2D eigenvalue weighted by atomic mass is 16.5. The molecule has 0 radical (unpaired) electrons. The fraction of sp³-hybridized carbons (Fsp3) is 0.692. The van der Waals surface area contributed by atoms with Gasteiger partial charge in [0.05, 0.1) is 18.7 Å². The zero-order chi connectivity index (χ0) is 12.7. The maximum absolute atomic E-state index is 11.8. The molecule has 1 heterocycles. The average molecular weight is 238 g/mol. The summed E-state index contributed by atoms with van der Waals surface area (Å²) in [6, 6.07) is 1.92. The lowest BCUT2D eigenvalue weighted by atomic mass is 9.98. The van der Waals surface area contributed by atoms with Gasteiger partial charge in [0.2, 0.25) is 0 Å². The van der Waals surface area contributed by atoms with Crippen LogP contribution in [-0.4, -0.2) is 22.9 Å². The molecule has 0 saturated heterocycles. The molecular weight excluding hydrogens is 216 g/mol. The summed E-state index contributed by atoms with van der Waals surface area (Å²) in [6.07, 6.45) is 5.70. The molecule has 4 heteroatoms. The van der Waals surface area contributed by atoms with E-state index in [1.54, 1.807) is 6.20 Å². The second-order valence-corrected chi connectivity index (χ2v) is 4.20. The van der Waals surface area contributed by atoms with Crippen molar-refractivity contribution in [2.24, 2.45) is 0 Å². The highest BCUT2D eigenvalue weighted by Crippen LogP contribution is 2.23. The van der Waals surface area contributed by atoms with Crippen LogP contribution in [0.5, 0.6) is 0 Å². The van der Waals surface area contributed by atoms with Gasteiger partial charge in [-0.3, -0.25) is 9.48 Å². The first-order valence-electron chi connectivity index (χ1n) is 6.34. The third-order valence-electron chi connectivity index (χ3n) is 2.87. The number of carbonyl (C=O) groups is 1. The minimum Gasteiger partial charge on any atom is -0.469 e. The maximum Gasteiger partial charge on any atom is 0.314 e. The molecule has 0 aliphatic carbocycles. The Morgan fingerprint density at radius 2 is 2.24 bits per heavy atom. The Labute approximate surface area is 103 Å². The molecule has 1 atom stereocenters. The maximum atomic E-state index is 11.8. The number of hydrogen-bond acceptors (Lipinski definition) is 3. The molecule has 1 unspecified atom stereocenters. The Bertz CT molecular complexity index is 347. The van der Waals surface area contributed by atoms with E-state index in [4.69, 9.17) is 4.74 Å². The molecule has 1 aromatic heterocycles. The van der Waals surface area contributed by atoms with Crippen LogP contribution >= 0.6 is 0 Å². The molecule has 1 rings (SSSR count). The second-order valence-electron chi connectivity index (χ2n) is 4.20. The lowest BCUT2D eigenvalue weighted by molar-refractivity contribution is -0.142. The quantitative estimate of drug-likeness (QED) is 0.686. The fourth-order valence-corrected chi connectivity index (χ4v) is 1.97. The lowest BCUT2D eigenvalue weighted by Gasteiger charge is -2.16. The van der Waals surface area contributed by atoms with Crippen LogP contribution in [0.3, 0.4) is 0 Å². The zero-order valence-corrected chi connectivity index (χ0v) is 11.0. The summed E-state index contributed by atoms with van der Waals surface area (Å²) in [6.45, 7) is 5.07. The summed E-state index contributed by atoms with van der Waals surface area (Å²) < 4.78 is 6.80. The third-order valence-corrected chi connectivity index (χ3v) is 2.87. The van der Waals surface area contributed by atoms with E-state index in [2.05, 4.69) is 18.9 Å². The van der Waals surface area contributed by atoms with E-state index in [1.807, 2.05) is 10.7 Å². The van der Waals surface area contributed by atoms with E-state index in [-0.39, 0.29) is 11.9 Å². The number of hydrogen-bond donors (Lipinski definition) is 0. The van der Waals surface area contributed by atoms with Crippen molar-refractivity contribution in [3.8, 4) is 0 Å². The summed E-state index contributed by atoms with van der Waals surface area (Å²) in [7, 11) is 1.45. The van der Waals surface area contributed by atoms with Crippen molar-refractivity contribution >= 4 is 5.97 Å². The minimum absolute atomic E-state index is 0.156. The molecule has 0 fully saturated rings. The van der Waals surface area contributed by atoms with Gasteiger partial charge >= 0.3 is 5.97 Å². The van der Waals surface area contributed by atoms with Gasteiger partial charge in [0.1, 0.15) is 0 Å². The molecule has 0 aromatic carbocycles. The first-order chi connectivity index (χ1) is 8.24. The number of rotatable bonds is 7. The Morgan fingerprint density at radius 3 is 2.82 bits per heavy atom. The van der Waals surface area contributed by atoms with Crippen LogP contribution in [0.1, 0.15) is 51.1 Å². The summed E-state index contributed by atoms with van der Waals surface area (Å²) in [5.74, 6) is -0.328. The van der Waals surface area contributed by atoms with Crippen LogP contribution in [0, 0.1) is 0 Å². The van der Waals surface area contributed by atoms with Crippen LogP contribution in [-0.2, 0) is 16.1 Å². The van der Waals surface area contributed by atoms with Crippen molar-refractivity contribution in [1.82, 2.24) is 9.78 Å². The van der Waals surface area contributed by atoms with Gasteiger partial charge in [-0.25, -0.2) is 0 Å². The number of aryl methyl sites for hydroxylation is 1. The van der Waals surface area contributed by atoms with Crippen molar-refractivity contribution < 1.29 is 9.53 Å². The van der Waals surface area contributed by atoms with Gasteiger partial charge in [-0.15, -0.1) is 0 Å². The van der Waals surface area contributed by atoms with Crippen LogP contribution in [0.2, 0.25) is 0 Å². The van der Waals surface area contributed by atoms with Crippen molar-refractivity contribution in [1.29, 1.82) is 0 Å². The smallest absolute Gasteiger partial charge is 0.314 e. The van der Waals surface area contributed by atoms with Gasteiger partial charge in [0.15, 0.2) is 0 Å². The van der Waals surface area contributed by atoms with Crippen molar-refractivity contribution in [2.45, 2.75) is 52.0 Å². The second kappa shape index (κ2) is 7.09. The molecule has 17 heavy (non-hydrogen) atoms. The van der Waals surface area contributed by atoms with Gasteiger partial charge in [-0.05, 0) is 18.9 Å². The Balaban J connectivity index is 2.86. The molecule has 0 bridgehead atoms. The van der Waals surface area contributed by atoms with Crippen LogP contribution < -0.4 is 0 Å². The average Bonchev–Trinajstić information content (AvgIpc) is 2.78. The van der Waals surface area contributed by atoms with E-state index in [0.717, 1.165) is 37.9 Å². The topological polar surface area (TPSA) is 44.1 Å². The largest absolute Gasteiger partial charge is 0.469 e. The highest BCUT2D eigenvalue weighted by molar-refractivity contribution is 5.77. The Kier molecular flexibility index (Phi) is 5.73. The van der Waals surface area contributed by atoms with Crippen molar-refractivity contribution in [3.63, 3.8) is 0 Å². The van der Waals surface area contributed by atoms with Gasteiger partial charge in [0.25, 0.3) is 0 Å². The number of nitrogens with zero attached hydrogens (tertiary/aromatic N) is 2. The molecule has 1 aromatic rings. The number of aromatic nitrogens is 2. The van der Waals surface area contributed by atoms with E-state index in [1.165, 1.54) is 7.11 Å². The van der Waals surface area contributed by atoms with E-state index < -0.39 is 0 Å². The molecule has 0 aliphatic rings. The van der Waals surface area contributed by atoms with E-state index >= 15 is 0 Å². The number of methoxy groups -OCH3 is 1. The Morgan fingerprint density at radius 1 is 1.47 bits per heavy atom. The summed E-state index contributed by atoms with van der Waals surface area (Å²) >= 11 is 0. The van der Waals surface area contributed by atoms with Crippen molar-refractivity contribution in [3.05, 3.63) is 18.0 Å². The molecule has 0 spiro atoms. The fourth-order valence-electron chi connectivity index (χ4n) is 1.97. The minimum atomic E-state index is -0.172. The van der Waals surface area contributed by atoms with Gasteiger partial charge < -0.3 is 4.74 Å². The molecule has 0 amide bonds. The molecular formula is C13H22N2O2.